The van der Waals surface area contributed by atoms with E-state index < -0.39 is 11.6 Å². The third-order valence-corrected chi connectivity index (χ3v) is 7.44. The van der Waals surface area contributed by atoms with E-state index in [-0.39, 0.29) is 68.0 Å². The molecule has 2 aromatic carbocycles. The van der Waals surface area contributed by atoms with Crippen LogP contribution in [0.1, 0.15) is 20.7 Å². The fraction of sp³-hybridized carbons (Fsp3) is 0.650. The van der Waals surface area contributed by atoms with Gasteiger partial charge in [-0.15, -0.1) is 0 Å². The molecule has 0 aliphatic rings. The van der Waals surface area contributed by atoms with Gasteiger partial charge in [0.05, 0.1) is 160 Å². The Morgan fingerprint density at radius 1 is 0.414 bits per heavy atom. The fourth-order valence-corrected chi connectivity index (χ4v) is 4.66. The van der Waals surface area contributed by atoms with Crippen LogP contribution in [0.5, 0.6) is 23.0 Å². The molecule has 0 amide bonds. The Bertz CT molecular complexity index is 1270. The highest BCUT2D eigenvalue weighted by molar-refractivity contribution is 6.49. The van der Waals surface area contributed by atoms with Gasteiger partial charge in [0.1, 0.15) is 19.0 Å². The van der Waals surface area contributed by atoms with Gasteiger partial charge in [-0.3, -0.25) is 9.59 Å². The van der Waals surface area contributed by atoms with E-state index in [2.05, 4.69) is 0 Å². The Kier molecular flexibility index (Phi) is 30.9. The van der Waals surface area contributed by atoms with Gasteiger partial charge in [0, 0.05) is 11.1 Å². The van der Waals surface area contributed by atoms with Gasteiger partial charge in [0.15, 0.2) is 11.5 Å². The summed E-state index contributed by atoms with van der Waals surface area (Å²) in [6, 6.07) is 9.21. The average Bonchev–Trinajstić information content (AvgIpc) is 3.25. The molecule has 0 aliphatic carbocycles. The molecule has 330 valence electrons. The Balaban J connectivity index is 1.77. The molecule has 0 radical (unpaired) electrons. The van der Waals surface area contributed by atoms with E-state index in [4.69, 9.17) is 76.5 Å². The van der Waals surface area contributed by atoms with Crippen molar-refractivity contribution in [2.24, 2.45) is 0 Å². The lowest BCUT2D eigenvalue weighted by molar-refractivity contribution is -0.0148. The van der Waals surface area contributed by atoms with Crippen molar-refractivity contribution >= 4 is 11.6 Å². The van der Waals surface area contributed by atoms with Gasteiger partial charge in [0.2, 0.25) is 17.3 Å². The Morgan fingerprint density at radius 3 is 1.07 bits per heavy atom. The van der Waals surface area contributed by atoms with E-state index in [0.29, 0.717) is 125 Å². The van der Waals surface area contributed by atoms with Crippen LogP contribution in [0.3, 0.4) is 0 Å². The minimum Gasteiger partial charge on any atom is -0.497 e. The number of benzene rings is 2. The zero-order valence-corrected chi connectivity index (χ0v) is 33.9. The maximum atomic E-state index is 13.4. The first-order valence-electron chi connectivity index (χ1n) is 19.3. The second-order valence-electron chi connectivity index (χ2n) is 11.7. The lowest BCUT2D eigenvalue weighted by atomic mass is 10.0. The first-order chi connectivity index (χ1) is 28.5. The van der Waals surface area contributed by atoms with E-state index in [1.807, 2.05) is 0 Å². The summed E-state index contributed by atoms with van der Waals surface area (Å²) in [6.07, 6.45) is 0. The molecule has 2 N–H and O–H groups in total. The van der Waals surface area contributed by atoms with E-state index in [1.165, 1.54) is 38.5 Å². The molecular formula is C40H62O18. The summed E-state index contributed by atoms with van der Waals surface area (Å²) < 4.78 is 76.9. The van der Waals surface area contributed by atoms with Crippen LogP contribution in [0.4, 0.5) is 0 Å². The van der Waals surface area contributed by atoms with Crippen LogP contribution in [0.2, 0.25) is 0 Å². The molecule has 0 saturated carbocycles. The summed E-state index contributed by atoms with van der Waals surface area (Å²) in [7, 11) is 2.92. The number of hydrogen-bond donors (Lipinski definition) is 2. The molecule has 0 bridgehead atoms. The number of aliphatic hydroxyl groups is 2. The van der Waals surface area contributed by atoms with Gasteiger partial charge in [-0.2, -0.15) is 0 Å². The molecule has 0 spiro atoms. The molecule has 0 unspecified atom stereocenters. The largest absolute Gasteiger partial charge is 0.497 e. The number of rotatable bonds is 41. The zero-order valence-electron chi connectivity index (χ0n) is 33.9. The number of aliphatic hydroxyl groups excluding tert-OH is 2. The quantitative estimate of drug-likeness (QED) is 0.0556. The average molecular weight is 831 g/mol. The highest BCUT2D eigenvalue weighted by atomic mass is 16.6. The van der Waals surface area contributed by atoms with Crippen LogP contribution in [-0.2, 0) is 47.4 Å². The summed E-state index contributed by atoms with van der Waals surface area (Å²) >= 11 is 0. The minimum atomic E-state index is -0.770. The highest BCUT2D eigenvalue weighted by Gasteiger charge is 2.24. The Labute approximate surface area is 340 Å². The molecule has 0 atom stereocenters. The predicted octanol–water partition coefficient (Wildman–Crippen LogP) is 1.68. The molecule has 0 heterocycles. The maximum Gasteiger partial charge on any atom is 0.233 e. The predicted molar refractivity (Wildman–Crippen MR) is 208 cm³/mol. The van der Waals surface area contributed by atoms with E-state index in [1.54, 1.807) is 12.1 Å². The van der Waals surface area contributed by atoms with Gasteiger partial charge in [0.25, 0.3) is 0 Å². The number of ketones is 2. The fourth-order valence-electron chi connectivity index (χ4n) is 4.66. The first kappa shape index (κ1) is 50.6. The molecule has 58 heavy (non-hydrogen) atoms. The van der Waals surface area contributed by atoms with Crippen molar-refractivity contribution in [3.05, 3.63) is 47.5 Å². The van der Waals surface area contributed by atoms with Crippen LogP contribution in [0.25, 0.3) is 0 Å². The molecule has 18 nitrogen and oxygen atoms in total. The first-order valence-corrected chi connectivity index (χ1v) is 19.3. The zero-order chi connectivity index (χ0) is 41.7. The van der Waals surface area contributed by atoms with E-state index in [0.717, 1.165) is 0 Å². The summed E-state index contributed by atoms with van der Waals surface area (Å²) in [5.74, 6) is -0.444. The van der Waals surface area contributed by atoms with Crippen molar-refractivity contribution in [2.75, 3.05) is 173 Å². The number of carbonyl (C=O) groups is 2. The molecule has 0 fully saturated rings. The van der Waals surface area contributed by atoms with Gasteiger partial charge in [-0.25, -0.2) is 0 Å². The van der Waals surface area contributed by atoms with Crippen LogP contribution >= 0.6 is 0 Å². The van der Waals surface area contributed by atoms with Crippen LogP contribution in [-0.4, -0.2) is 195 Å². The van der Waals surface area contributed by atoms with Gasteiger partial charge in [-0.05, 0) is 24.3 Å². The summed E-state index contributed by atoms with van der Waals surface area (Å²) in [5, 5.41) is 17.3. The van der Waals surface area contributed by atoms with Crippen LogP contribution < -0.4 is 18.9 Å². The highest BCUT2D eigenvalue weighted by Crippen LogP contribution is 2.39. The number of carbonyl (C=O) groups excluding carboxylic acids is 2. The minimum absolute atomic E-state index is 0.0114. The van der Waals surface area contributed by atoms with Crippen molar-refractivity contribution in [3.63, 3.8) is 0 Å². The molecule has 0 aromatic heterocycles. The SMILES string of the molecule is COc1cccc(C(=O)C(=O)c2cc(OCCOCCOCCOCCOCCOCCO)c(OC)c(OCCOCCOCCOCCOCCOCCO)c2)c1. The normalized spacial score (nSPS) is 11.2. The van der Waals surface area contributed by atoms with E-state index in [9.17, 15) is 9.59 Å². The van der Waals surface area contributed by atoms with Crippen molar-refractivity contribution in [3.8, 4) is 23.0 Å². The standard InChI is InChI=1S/C40H62O18/c1-45-35-5-3-4-33(30-35)38(43)39(44)34-31-36(57-28-26-55-24-22-53-20-18-51-16-14-49-12-10-47-8-6-41)40(46-2)37(32-34)58-29-27-56-25-23-54-21-19-52-17-15-50-13-11-48-9-7-42/h3-5,30-32,41-42H,6-29H2,1-2H3. The number of Topliss-reactive ketones (excluding diaryl/α,β-unsaturated/α-hetero) is 2. The number of ether oxygens (including phenoxy) is 14. The molecule has 2 rings (SSSR count). The molecule has 0 aliphatic heterocycles. The third-order valence-electron chi connectivity index (χ3n) is 7.44. The van der Waals surface area contributed by atoms with Crippen molar-refractivity contribution < 1.29 is 86.1 Å². The summed E-state index contributed by atoms with van der Waals surface area (Å²) in [6.45, 7) is 7.59. The van der Waals surface area contributed by atoms with Crippen LogP contribution in [0.15, 0.2) is 36.4 Å². The van der Waals surface area contributed by atoms with Crippen LogP contribution in [0, 0.1) is 0 Å². The number of hydrogen-bond acceptors (Lipinski definition) is 18. The summed E-state index contributed by atoms with van der Waals surface area (Å²) in [5.41, 5.74) is 0.218. The Morgan fingerprint density at radius 2 is 0.741 bits per heavy atom. The second kappa shape index (κ2) is 35.4. The third kappa shape index (κ3) is 23.8. The number of methoxy groups -OCH3 is 2. The summed E-state index contributed by atoms with van der Waals surface area (Å²) in [4.78, 5) is 26.7. The molecule has 18 heteroatoms. The van der Waals surface area contributed by atoms with E-state index >= 15 is 0 Å². The second-order valence-corrected chi connectivity index (χ2v) is 11.7. The molecular weight excluding hydrogens is 768 g/mol. The smallest absolute Gasteiger partial charge is 0.233 e. The van der Waals surface area contributed by atoms with Crippen molar-refractivity contribution in [2.45, 2.75) is 0 Å². The van der Waals surface area contributed by atoms with Crippen molar-refractivity contribution in [1.82, 2.24) is 0 Å². The Hall–Kier alpha value is -3.50. The van der Waals surface area contributed by atoms with Gasteiger partial charge >= 0.3 is 0 Å². The monoisotopic (exact) mass is 830 g/mol. The molecule has 2 aromatic rings. The maximum absolute atomic E-state index is 13.4. The lowest BCUT2D eigenvalue weighted by Gasteiger charge is -2.17. The van der Waals surface area contributed by atoms with Gasteiger partial charge < -0.3 is 76.5 Å². The van der Waals surface area contributed by atoms with Crippen molar-refractivity contribution in [1.29, 1.82) is 0 Å². The molecule has 0 saturated heterocycles. The van der Waals surface area contributed by atoms with Gasteiger partial charge in [-0.1, -0.05) is 12.1 Å². The lowest BCUT2D eigenvalue weighted by Crippen LogP contribution is -2.17. The topological polar surface area (TPSA) is 204 Å².